The molecule has 1 saturated heterocycles. The van der Waals surface area contributed by atoms with Crippen LogP contribution in [-0.4, -0.2) is 108 Å². The van der Waals surface area contributed by atoms with Crippen molar-refractivity contribution in [3.05, 3.63) is 35.9 Å². The van der Waals surface area contributed by atoms with Crippen LogP contribution in [0, 0.1) is 23.2 Å². The number of alkyl halides is 3. The van der Waals surface area contributed by atoms with Crippen LogP contribution in [-0.2, 0) is 33.5 Å². The summed E-state index contributed by atoms with van der Waals surface area (Å²) in [5.41, 5.74) is -0.821. The number of likely N-dealkylation sites (N-methyl/N-ethyl adjacent to an activating group) is 1. The summed E-state index contributed by atoms with van der Waals surface area (Å²) in [6.45, 7) is 8.20. The predicted octanol–water partition coefficient (Wildman–Crippen LogP) is 3.40. The Morgan fingerprint density at radius 3 is 2.12 bits per heavy atom. The Bertz CT molecular complexity index is 1640. The highest BCUT2D eigenvalue weighted by atomic mass is 19.4. The smallest absolute Gasteiger partial charge is 0.408 e. The minimum Gasteiger partial charge on any atom is -0.444 e. The first kappa shape index (κ1) is 44.0. The highest BCUT2D eigenvalue weighted by Crippen LogP contribution is 2.65. The molecule has 2 aliphatic carbocycles. The van der Waals surface area contributed by atoms with Crippen LogP contribution in [0.1, 0.15) is 91.2 Å². The molecule has 1 aromatic carbocycles. The van der Waals surface area contributed by atoms with E-state index in [1.54, 1.807) is 51.1 Å². The van der Waals surface area contributed by atoms with Gasteiger partial charge < -0.3 is 35.8 Å². The average Bonchev–Trinajstić information content (AvgIpc) is 3.42. The Kier molecular flexibility index (Phi) is 13.8. The van der Waals surface area contributed by atoms with Crippen molar-refractivity contribution in [3.8, 4) is 0 Å². The van der Waals surface area contributed by atoms with Gasteiger partial charge in [-0.15, -0.1) is 0 Å². The number of carbonyl (C=O) groups excluding carboxylic acids is 7. The minimum absolute atomic E-state index is 0.138. The van der Waals surface area contributed by atoms with Crippen LogP contribution in [0.25, 0.3) is 0 Å². The van der Waals surface area contributed by atoms with E-state index in [9.17, 15) is 46.7 Å². The number of Topliss-reactive ketones (excluding diaryl/α,β-unsaturated/α-hetero) is 1. The molecule has 1 aliphatic heterocycles. The lowest BCUT2D eigenvalue weighted by Gasteiger charge is -2.37. The minimum atomic E-state index is -4.75. The molecule has 6 atom stereocenters. The second-order valence-electron chi connectivity index (χ2n) is 16.8. The van der Waals surface area contributed by atoms with Gasteiger partial charge >= 0.3 is 12.3 Å². The molecule has 3 aliphatic rings. The van der Waals surface area contributed by atoms with E-state index in [2.05, 4.69) is 21.3 Å². The Hall–Kier alpha value is -4.70. The van der Waals surface area contributed by atoms with Crippen LogP contribution >= 0.6 is 0 Å². The third-order valence-electron chi connectivity index (χ3n) is 10.9. The number of fused-ring (bicyclic) bond motifs is 1. The SMILES string of the molecule is CN(C)C(=O)[C@@H](NC(=O)CNC(=O)C(=O)C(CCC(F)(F)F)NC(=O)[C@@H]1[C@@H]2C(CN1C(=O)[C@@H](NC(=O)OC(C)(C)C)C1CCCCC1)C2(C)C)c1ccccc1. The van der Waals surface area contributed by atoms with E-state index in [0.717, 1.165) is 19.3 Å². The second kappa shape index (κ2) is 17.6. The number of alkyl carbamates (subject to hydrolysis) is 1. The zero-order chi connectivity index (χ0) is 41.7. The molecule has 310 valence electrons. The van der Waals surface area contributed by atoms with Gasteiger partial charge in [0.1, 0.15) is 23.7 Å². The van der Waals surface area contributed by atoms with Gasteiger partial charge in [-0.25, -0.2) is 4.79 Å². The molecule has 56 heavy (non-hydrogen) atoms. The molecule has 0 radical (unpaired) electrons. The van der Waals surface area contributed by atoms with Gasteiger partial charge in [-0.05, 0) is 68.8 Å². The summed E-state index contributed by atoms with van der Waals surface area (Å²) in [7, 11) is 2.97. The average molecular weight is 793 g/mol. The number of rotatable bonds is 14. The standard InChI is InChI=1S/C39H55F3N6O8/c1-37(2,3)56-36(55)46-29(23-16-12-9-13-17-23)35(54)48-21-24-27(38(24,4)5)30(48)32(51)44-25(18-19-39(40,41)42)31(50)33(52)43-20-26(49)45-28(34(53)47(6)7)22-14-10-8-11-15-22/h8,10-11,14-15,23-25,27-30H,9,12-13,16-21H2,1-7H3,(H,43,52)(H,44,51)(H,45,49)(H,46,55)/t24?,25?,27-,28-,29-,30-/m0/s1. The number of ketones is 1. The summed E-state index contributed by atoms with van der Waals surface area (Å²) >= 11 is 0. The van der Waals surface area contributed by atoms with Crippen molar-refractivity contribution < 1.29 is 51.5 Å². The number of halogens is 3. The summed E-state index contributed by atoms with van der Waals surface area (Å²) in [5, 5.41) is 9.66. The first-order valence-electron chi connectivity index (χ1n) is 19.1. The third-order valence-corrected chi connectivity index (χ3v) is 10.9. The predicted molar refractivity (Wildman–Crippen MR) is 197 cm³/mol. The number of hydrogen-bond acceptors (Lipinski definition) is 8. The molecule has 4 N–H and O–H groups in total. The van der Waals surface area contributed by atoms with Crippen LogP contribution in [0.2, 0.25) is 0 Å². The van der Waals surface area contributed by atoms with Crippen LogP contribution in [0.15, 0.2) is 30.3 Å². The quantitative estimate of drug-likeness (QED) is 0.207. The maximum atomic E-state index is 14.4. The largest absolute Gasteiger partial charge is 0.444 e. The van der Waals surface area contributed by atoms with Crippen molar-refractivity contribution in [2.45, 2.75) is 116 Å². The summed E-state index contributed by atoms with van der Waals surface area (Å²) < 4.78 is 45.8. The molecule has 0 aromatic heterocycles. The molecule has 3 fully saturated rings. The van der Waals surface area contributed by atoms with Crippen LogP contribution in [0.5, 0.6) is 0 Å². The molecule has 17 heteroatoms. The van der Waals surface area contributed by atoms with Gasteiger partial charge in [0.25, 0.3) is 5.91 Å². The lowest BCUT2D eigenvalue weighted by Crippen LogP contribution is -2.60. The first-order valence-corrected chi connectivity index (χ1v) is 19.1. The van der Waals surface area contributed by atoms with Crippen molar-refractivity contribution >= 4 is 41.4 Å². The van der Waals surface area contributed by atoms with Crippen LogP contribution in [0.4, 0.5) is 18.0 Å². The fourth-order valence-corrected chi connectivity index (χ4v) is 7.92. The van der Waals surface area contributed by atoms with Crippen molar-refractivity contribution in [2.75, 3.05) is 27.2 Å². The Morgan fingerprint density at radius 1 is 0.929 bits per heavy atom. The molecule has 1 heterocycles. The van der Waals surface area contributed by atoms with Gasteiger partial charge in [0.05, 0.1) is 12.6 Å². The molecule has 6 amide bonds. The highest BCUT2D eigenvalue weighted by Gasteiger charge is 2.70. The molecular formula is C39H55F3N6O8. The maximum absolute atomic E-state index is 14.4. The molecule has 0 bridgehead atoms. The van der Waals surface area contributed by atoms with Crippen molar-refractivity contribution in [1.82, 2.24) is 31.1 Å². The molecule has 14 nitrogen and oxygen atoms in total. The molecule has 2 saturated carbocycles. The summed E-state index contributed by atoms with van der Waals surface area (Å²) in [5.74, 6) is -6.42. The van der Waals surface area contributed by atoms with E-state index in [1.807, 2.05) is 13.8 Å². The van der Waals surface area contributed by atoms with E-state index in [4.69, 9.17) is 4.74 Å². The second-order valence-corrected chi connectivity index (χ2v) is 16.8. The van der Waals surface area contributed by atoms with Crippen molar-refractivity contribution in [1.29, 1.82) is 0 Å². The van der Waals surface area contributed by atoms with Crippen molar-refractivity contribution in [3.63, 3.8) is 0 Å². The monoisotopic (exact) mass is 792 g/mol. The molecular weight excluding hydrogens is 737 g/mol. The Labute approximate surface area is 325 Å². The van der Waals surface area contributed by atoms with Gasteiger partial charge in [0.2, 0.25) is 29.4 Å². The summed E-state index contributed by atoms with van der Waals surface area (Å²) in [6.07, 6.45) is -4.12. The van der Waals surface area contributed by atoms with Crippen LogP contribution in [0.3, 0.4) is 0 Å². The highest BCUT2D eigenvalue weighted by molar-refractivity contribution is 6.38. The van der Waals surface area contributed by atoms with E-state index in [0.29, 0.717) is 18.4 Å². The lowest BCUT2D eigenvalue weighted by molar-refractivity contribution is -0.148. The van der Waals surface area contributed by atoms with Gasteiger partial charge in [-0.2, -0.15) is 13.2 Å². The number of nitrogens with one attached hydrogen (secondary N) is 4. The fourth-order valence-electron chi connectivity index (χ4n) is 7.92. The first-order chi connectivity index (χ1) is 26.0. The van der Waals surface area contributed by atoms with Gasteiger partial charge in [0.15, 0.2) is 0 Å². The lowest BCUT2D eigenvalue weighted by atomic mass is 9.83. The molecule has 2 unspecified atom stereocenters. The van der Waals surface area contributed by atoms with E-state index >= 15 is 0 Å². The number of hydrogen-bond donors (Lipinski definition) is 4. The van der Waals surface area contributed by atoms with E-state index in [1.165, 1.54) is 23.9 Å². The third kappa shape index (κ3) is 11.2. The Morgan fingerprint density at radius 2 is 1.55 bits per heavy atom. The fraction of sp³-hybridized carbons (Fsp3) is 0.667. The molecule has 1 aromatic rings. The number of piperidine rings is 1. The number of ether oxygens (including phenoxy) is 1. The molecule has 4 rings (SSSR count). The summed E-state index contributed by atoms with van der Waals surface area (Å²) in [4.78, 5) is 96.2. The van der Waals surface area contributed by atoms with Gasteiger partial charge in [-0.1, -0.05) is 63.4 Å². The molecule has 0 spiro atoms. The number of likely N-dealkylation sites (tertiary alicyclic amines) is 1. The van der Waals surface area contributed by atoms with Crippen LogP contribution < -0.4 is 21.3 Å². The normalized spacial score (nSPS) is 22.0. The number of benzene rings is 1. The van der Waals surface area contributed by atoms with Crippen molar-refractivity contribution in [2.24, 2.45) is 23.2 Å². The summed E-state index contributed by atoms with van der Waals surface area (Å²) in [6, 6.07) is 2.94. The maximum Gasteiger partial charge on any atom is 0.408 e. The number of carbonyl (C=O) groups is 7. The number of nitrogens with zero attached hydrogens (tertiary/aromatic N) is 2. The van der Waals surface area contributed by atoms with E-state index in [-0.39, 0.29) is 18.4 Å². The zero-order valence-corrected chi connectivity index (χ0v) is 33.1. The topological polar surface area (TPSA) is 183 Å². The number of amides is 6. The zero-order valence-electron chi connectivity index (χ0n) is 33.1. The van der Waals surface area contributed by atoms with Gasteiger partial charge in [-0.3, -0.25) is 28.8 Å². The van der Waals surface area contributed by atoms with E-state index < -0.39 is 108 Å². The van der Waals surface area contributed by atoms with Gasteiger partial charge in [0, 0.05) is 27.1 Å². The Balaban J connectivity index is 1.51.